The molecule has 0 saturated carbocycles. The van der Waals surface area contributed by atoms with E-state index in [2.05, 4.69) is 10.3 Å². The van der Waals surface area contributed by atoms with Gasteiger partial charge in [-0.25, -0.2) is 4.98 Å². The van der Waals surface area contributed by atoms with Crippen molar-refractivity contribution in [1.82, 2.24) is 10.3 Å². The van der Waals surface area contributed by atoms with Gasteiger partial charge in [-0.15, -0.1) is 22.9 Å². The fourth-order valence-corrected chi connectivity index (χ4v) is 2.06. The number of aromatic nitrogens is 1. The lowest BCUT2D eigenvalue weighted by atomic mass is 10.3. The Labute approximate surface area is 105 Å². The maximum Gasteiger partial charge on any atom is 0.390 e. The fourth-order valence-electron chi connectivity index (χ4n) is 1.03. The first-order valence-corrected chi connectivity index (χ1v) is 6.15. The van der Waals surface area contributed by atoms with Crippen LogP contribution in [0.2, 0.25) is 0 Å². The van der Waals surface area contributed by atoms with Crippen molar-refractivity contribution in [3.05, 3.63) is 16.1 Å². The third kappa shape index (κ3) is 5.88. The zero-order valence-corrected chi connectivity index (χ0v) is 10.3. The molecule has 8 heteroatoms. The van der Waals surface area contributed by atoms with E-state index in [9.17, 15) is 18.0 Å². The largest absolute Gasteiger partial charge is 0.390 e. The molecule has 1 heterocycles. The highest BCUT2D eigenvalue weighted by Gasteiger charge is 2.26. The third-order valence-corrected chi connectivity index (χ3v) is 2.95. The number of carbonyl (C=O) groups is 1. The van der Waals surface area contributed by atoms with Crippen molar-refractivity contribution in [2.24, 2.45) is 0 Å². The van der Waals surface area contributed by atoms with Crippen LogP contribution in [0, 0.1) is 0 Å². The first-order chi connectivity index (χ1) is 7.90. The molecule has 0 aromatic carbocycles. The number of carbonyl (C=O) groups excluding carboxylic acids is 1. The predicted octanol–water partition coefficient (Wildman–Crippen LogP) is 2.49. The molecule has 3 nitrogen and oxygen atoms in total. The van der Waals surface area contributed by atoms with Crippen LogP contribution < -0.4 is 5.32 Å². The van der Waals surface area contributed by atoms with Gasteiger partial charge in [0.05, 0.1) is 24.4 Å². The second-order valence-electron chi connectivity index (χ2n) is 3.26. The van der Waals surface area contributed by atoms with Gasteiger partial charge in [0.25, 0.3) is 0 Å². The van der Waals surface area contributed by atoms with Crippen LogP contribution in [-0.2, 0) is 17.1 Å². The van der Waals surface area contributed by atoms with Gasteiger partial charge in [-0.2, -0.15) is 13.2 Å². The maximum absolute atomic E-state index is 11.8. The lowest BCUT2D eigenvalue weighted by Gasteiger charge is -2.06. The molecule has 1 aromatic heterocycles. The van der Waals surface area contributed by atoms with Crippen molar-refractivity contribution >= 4 is 28.8 Å². The molecule has 0 fully saturated rings. The highest BCUT2D eigenvalue weighted by atomic mass is 35.5. The number of halogens is 4. The number of hydrogen-bond donors (Lipinski definition) is 1. The van der Waals surface area contributed by atoms with E-state index in [4.69, 9.17) is 11.6 Å². The van der Waals surface area contributed by atoms with Crippen molar-refractivity contribution in [2.45, 2.75) is 24.9 Å². The van der Waals surface area contributed by atoms with E-state index in [-0.39, 0.29) is 12.3 Å². The molecule has 0 unspecified atom stereocenters. The number of hydrogen-bond acceptors (Lipinski definition) is 3. The van der Waals surface area contributed by atoms with Crippen LogP contribution in [0.4, 0.5) is 13.2 Å². The summed E-state index contributed by atoms with van der Waals surface area (Å²) in [7, 11) is 0. The van der Waals surface area contributed by atoms with E-state index in [0.29, 0.717) is 10.7 Å². The highest BCUT2D eigenvalue weighted by Crippen LogP contribution is 2.18. The van der Waals surface area contributed by atoms with Crippen molar-refractivity contribution in [3.8, 4) is 0 Å². The van der Waals surface area contributed by atoms with Gasteiger partial charge >= 0.3 is 6.18 Å². The predicted molar refractivity (Wildman–Crippen MR) is 59.1 cm³/mol. The molecule has 17 heavy (non-hydrogen) atoms. The minimum absolute atomic E-state index is 0.0145. The van der Waals surface area contributed by atoms with Gasteiger partial charge in [0.15, 0.2) is 0 Å². The summed E-state index contributed by atoms with van der Waals surface area (Å²) < 4.78 is 35.4. The second-order valence-corrected chi connectivity index (χ2v) is 4.47. The minimum atomic E-state index is -4.25. The number of nitrogens with zero attached hydrogens (tertiary/aromatic N) is 1. The molecular formula is C9H10ClF3N2OS. The van der Waals surface area contributed by atoms with Gasteiger partial charge in [0, 0.05) is 11.9 Å². The van der Waals surface area contributed by atoms with Crippen molar-refractivity contribution in [2.75, 3.05) is 6.54 Å². The van der Waals surface area contributed by atoms with Crippen LogP contribution in [0.25, 0.3) is 0 Å². The molecular weight excluding hydrogens is 277 g/mol. The summed E-state index contributed by atoms with van der Waals surface area (Å²) >= 11 is 6.79. The topological polar surface area (TPSA) is 42.0 Å². The van der Waals surface area contributed by atoms with Gasteiger partial charge in [-0.3, -0.25) is 4.79 Å². The van der Waals surface area contributed by atoms with Crippen LogP contribution in [0.1, 0.15) is 17.1 Å². The Kier molecular flexibility index (Phi) is 5.20. The van der Waals surface area contributed by atoms with E-state index in [1.807, 2.05) is 0 Å². The Morgan fingerprint density at radius 3 is 2.76 bits per heavy atom. The molecule has 1 N–H and O–H groups in total. The van der Waals surface area contributed by atoms with E-state index in [1.54, 1.807) is 5.38 Å². The van der Waals surface area contributed by atoms with E-state index >= 15 is 0 Å². The van der Waals surface area contributed by atoms with Crippen molar-refractivity contribution in [3.63, 3.8) is 0 Å². The van der Waals surface area contributed by atoms with Gasteiger partial charge in [0.2, 0.25) is 5.91 Å². The summed E-state index contributed by atoms with van der Waals surface area (Å²) in [4.78, 5) is 15.3. The van der Waals surface area contributed by atoms with Gasteiger partial charge in [0.1, 0.15) is 5.01 Å². The Morgan fingerprint density at radius 1 is 1.53 bits per heavy atom. The molecule has 96 valence electrons. The van der Waals surface area contributed by atoms with Crippen LogP contribution in [0.15, 0.2) is 5.38 Å². The monoisotopic (exact) mass is 286 g/mol. The average molecular weight is 287 g/mol. The molecule has 0 aliphatic carbocycles. The number of alkyl halides is 4. The molecule has 0 saturated heterocycles. The van der Waals surface area contributed by atoms with E-state index < -0.39 is 25.0 Å². The fraction of sp³-hybridized carbons (Fsp3) is 0.556. The maximum atomic E-state index is 11.8. The number of amides is 1. The van der Waals surface area contributed by atoms with E-state index in [0.717, 1.165) is 0 Å². The second kappa shape index (κ2) is 6.20. The third-order valence-electron chi connectivity index (χ3n) is 1.78. The molecule has 0 radical (unpaired) electrons. The zero-order valence-electron chi connectivity index (χ0n) is 8.68. The van der Waals surface area contributed by atoms with Crippen LogP contribution >= 0.6 is 22.9 Å². The van der Waals surface area contributed by atoms with Crippen molar-refractivity contribution < 1.29 is 18.0 Å². The summed E-state index contributed by atoms with van der Waals surface area (Å²) in [6.07, 6.45) is -5.29. The summed E-state index contributed by atoms with van der Waals surface area (Å²) in [5.74, 6) is -0.212. The highest BCUT2D eigenvalue weighted by molar-refractivity contribution is 7.09. The Bertz CT molecular complexity index is 381. The number of nitrogens with one attached hydrogen (secondary N) is 1. The Balaban J connectivity index is 2.30. The molecule has 0 atom stereocenters. The lowest BCUT2D eigenvalue weighted by Crippen LogP contribution is -2.29. The summed E-state index contributed by atoms with van der Waals surface area (Å²) in [5.41, 5.74) is 0.662. The van der Waals surface area contributed by atoms with E-state index in [1.165, 1.54) is 11.3 Å². The van der Waals surface area contributed by atoms with Gasteiger partial charge in [-0.05, 0) is 0 Å². The average Bonchev–Trinajstić information content (AvgIpc) is 2.63. The summed E-state index contributed by atoms with van der Waals surface area (Å²) in [6.45, 7) is -0.407. The molecule has 1 amide bonds. The summed E-state index contributed by atoms with van der Waals surface area (Å²) in [5, 5.41) is 4.45. The zero-order chi connectivity index (χ0) is 12.9. The standard InChI is InChI=1S/C9H10ClF3N2OS/c10-4-6-5-17-8(15-6)3-7(16)14-2-1-9(11,12)13/h5H,1-4H2,(H,14,16). The van der Waals surface area contributed by atoms with Crippen LogP contribution in [0.5, 0.6) is 0 Å². The summed E-state index contributed by atoms with van der Waals surface area (Å²) in [6, 6.07) is 0. The molecule has 0 aliphatic heterocycles. The van der Waals surface area contributed by atoms with Crippen LogP contribution in [0.3, 0.4) is 0 Å². The molecule has 1 aromatic rings. The Hall–Kier alpha value is -0.820. The number of thiazole rings is 1. The SMILES string of the molecule is O=C(Cc1nc(CCl)cs1)NCCC(F)(F)F. The Morgan fingerprint density at radius 2 is 2.24 bits per heavy atom. The quantitative estimate of drug-likeness (QED) is 0.845. The first-order valence-electron chi connectivity index (χ1n) is 4.73. The molecule has 0 bridgehead atoms. The van der Waals surface area contributed by atoms with Crippen molar-refractivity contribution in [1.29, 1.82) is 0 Å². The number of rotatable bonds is 5. The molecule has 0 aliphatic rings. The first kappa shape index (κ1) is 14.2. The smallest absolute Gasteiger partial charge is 0.355 e. The van der Waals surface area contributed by atoms with Gasteiger partial charge < -0.3 is 5.32 Å². The van der Waals surface area contributed by atoms with Crippen LogP contribution in [-0.4, -0.2) is 23.6 Å². The molecule has 0 spiro atoms. The minimum Gasteiger partial charge on any atom is -0.355 e. The normalized spacial score (nSPS) is 11.5. The lowest BCUT2D eigenvalue weighted by molar-refractivity contribution is -0.135. The van der Waals surface area contributed by atoms with Gasteiger partial charge in [-0.1, -0.05) is 0 Å². The molecule has 1 rings (SSSR count).